The minimum atomic E-state index is 0.564. The summed E-state index contributed by atoms with van der Waals surface area (Å²) in [7, 11) is 0. The number of nitrogens with zero attached hydrogens (tertiary/aromatic N) is 2. The molecular weight excluding hydrogens is 248 g/mol. The predicted molar refractivity (Wildman–Crippen MR) is 82.4 cm³/mol. The monoisotopic (exact) mass is 268 g/mol. The summed E-state index contributed by atoms with van der Waals surface area (Å²) in [5, 5.41) is 6.84. The van der Waals surface area contributed by atoms with Crippen molar-refractivity contribution < 1.29 is 0 Å². The molecule has 0 amide bonds. The van der Waals surface area contributed by atoms with Crippen molar-refractivity contribution in [3.05, 3.63) is 42.2 Å². The van der Waals surface area contributed by atoms with Crippen LogP contribution in [0.3, 0.4) is 0 Å². The van der Waals surface area contributed by atoms with Gasteiger partial charge in [-0.3, -0.25) is 0 Å². The van der Waals surface area contributed by atoms with Crippen LogP contribution in [0.25, 0.3) is 0 Å². The molecule has 4 nitrogen and oxygen atoms in total. The molecule has 1 heterocycles. The Morgan fingerprint density at radius 1 is 1.00 bits per heavy atom. The van der Waals surface area contributed by atoms with E-state index in [1.165, 1.54) is 25.7 Å². The highest BCUT2D eigenvalue weighted by atomic mass is 15.1. The molecule has 0 radical (unpaired) electrons. The van der Waals surface area contributed by atoms with Crippen molar-refractivity contribution in [2.45, 2.75) is 38.6 Å². The van der Waals surface area contributed by atoms with E-state index in [0.717, 1.165) is 23.1 Å². The van der Waals surface area contributed by atoms with Gasteiger partial charge in [-0.1, -0.05) is 31.0 Å². The minimum absolute atomic E-state index is 0.564. The molecule has 1 aliphatic carbocycles. The topological polar surface area (TPSA) is 49.8 Å². The third-order valence-electron chi connectivity index (χ3n) is 3.59. The normalized spacial score (nSPS) is 15.2. The van der Waals surface area contributed by atoms with Crippen molar-refractivity contribution in [2.75, 3.05) is 10.6 Å². The van der Waals surface area contributed by atoms with Crippen LogP contribution < -0.4 is 10.6 Å². The van der Waals surface area contributed by atoms with Gasteiger partial charge < -0.3 is 10.6 Å². The maximum atomic E-state index is 4.48. The summed E-state index contributed by atoms with van der Waals surface area (Å²) in [6.07, 6.45) is 5.11. The fraction of sp³-hybridized carbons (Fsp3) is 0.375. The largest absolute Gasteiger partial charge is 0.367 e. The lowest BCUT2D eigenvalue weighted by atomic mass is 10.2. The zero-order valence-electron chi connectivity index (χ0n) is 11.8. The Labute approximate surface area is 119 Å². The zero-order valence-corrected chi connectivity index (χ0v) is 11.8. The van der Waals surface area contributed by atoms with Crippen LogP contribution in [-0.4, -0.2) is 16.0 Å². The lowest BCUT2D eigenvalue weighted by Crippen LogP contribution is -2.16. The molecule has 0 bridgehead atoms. The van der Waals surface area contributed by atoms with Crippen LogP contribution in [0, 0.1) is 6.92 Å². The van der Waals surface area contributed by atoms with Gasteiger partial charge in [-0.05, 0) is 31.9 Å². The number of para-hydroxylation sites is 1. The summed E-state index contributed by atoms with van der Waals surface area (Å²) in [6.45, 7) is 1.93. The third kappa shape index (κ3) is 3.26. The molecule has 4 heteroatoms. The lowest BCUT2D eigenvalue weighted by molar-refractivity contribution is 0.748. The Kier molecular flexibility index (Phi) is 3.81. The third-order valence-corrected chi connectivity index (χ3v) is 3.59. The lowest BCUT2D eigenvalue weighted by Gasteiger charge is -2.14. The van der Waals surface area contributed by atoms with E-state index < -0.39 is 0 Å². The van der Waals surface area contributed by atoms with Crippen LogP contribution >= 0.6 is 0 Å². The first kappa shape index (κ1) is 12.9. The first-order valence-corrected chi connectivity index (χ1v) is 7.24. The molecule has 104 valence electrons. The van der Waals surface area contributed by atoms with E-state index in [-0.39, 0.29) is 0 Å². The van der Waals surface area contributed by atoms with Crippen LogP contribution in [0.1, 0.15) is 31.5 Å². The molecule has 3 rings (SSSR count). The van der Waals surface area contributed by atoms with Crippen LogP contribution in [0.4, 0.5) is 17.3 Å². The number of anilines is 3. The minimum Gasteiger partial charge on any atom is -0.367 e. The van der Waals surface area contributed by atoms with Crippen molar-refractivity contribution in [1.29, 1.82) is 0 Å². The van der Waals surface area contributed by atoms with E-state index in [4.69, 9.17) is 0 Å². The Morgan fingerprint density at radius 2 is 1.70 bits per heavy atom. The summed E-state index contributed by atoms with van der Waals surface area (Å²) in [5.41, 5.74) is 1.04. The smallest absolute Gasteiger partial charge is 0.136 e. The van der Waals surface area contributed by atoms with Crippen molar-refractivity contribution in [1.82, 2.24) is 9.97 Å². The van der Waals surface area contributed by atoms with E-state index in [2.05, 4.69) is 20.6 Å². The molecule has 2 N–H and O–H groups in total. The van der Waals surface area contributed by atoms with Gasteiger partial charge in [0, 0.05) is 17.8 Å². The molecule has 0 saturated heterocycles. The van der Waals surface area contributed by atoms with Gasteiger partial charge in [0.15, 0.2) is 0 Å². The van der Waals surface area contributed by atoms with E-state index >= 15 is 0 Å². The molecule has 0 atom stereocenters. The average molecular weight is 268 g/mol. The highest BCUT2D eigenvalue weighted by molar-refractivity contribution is 5.59. The molecule has 0 aliphatic heterocycles. The highest BCUT2D eigenvalue weighted by Crippen LogP contribution is 2.23. The Balaban J connectivity index is 1.75. The van der Waals surface area contributed by atoms with Crippen molar-refractivity contribution >= 4 is 17.3 Å². The van der Waals surface area contributed by atoms with Crippen LogP contribution in [-0.2, 0) is 0 Å². The molecule has 20 heavy (non-hydrogen) atoms. The second-order valence-electron chi connectivity index (χ2n) is 5.30. The summed E-state index contributed by atoms with van der Waals surface area (Å²) in [4.78, 5) is 8.92. The van der Waals surface area contributed by atoms with Crippen molar-refractivity contribution in [3.8, 4) is 0 Å². The average Bonchev–Trinajstić information content (AvgIpc) is 2.92. The second kappa shape index (κ2) is 5.90. The van der Waals surface area contributed by atoms with Gasteiger partial charge >= 0.3 is 0 Å². The van der Waals surface area contributed by atoms with Gasteiger partial charge in [0.05, 0.1) is 0 Å². The summed E-state index contributed by atoms with van der Waals surface area (Å²) >= 11 is 0. The standard InChI is InChI=1S/C16H20N4/c1-12-17-15(19-13-7-3-2-4-8-13)11-16(18-12)20-14-9-5-6-10-14/h2-4,7-8,11,14H,5-6,9-10H2,1H3,(H2,17,18,19,20). The SMILES string of the molecule is Cc1nc(Nc2ccccc2)cc(NC2CCCC2)n1. The van der Waals surface area contributed by atoms with Crippen LogP contribution in [0.15, 0.2) is 36.4 Å². The molecule has 1 aliphatic rings. The molecule has 1 fully saturated rings. The van der Waals surface area contributed by atoms with Gasteiger partial charge in [0.25, 0.3) is 0 Å². The Bertz CT molecular complexity index is 562. The van der Waals surface area contributed by atoms with E-state index in [1.807, 2.05) is 43.3 Å². The molecule has 1 saturated carbocycles. The summed E-state index contributed by atoms with van der Waals surface area (Å²) in [6, 6.07) is 12.6. The van der Waals surface area contributed by atoms with E-state index in [9.17, 15) is 0 Å². The van der Waals surface area contributed by atoms with Gasteiger partial charge in [0.1, 0.15) is 17.5 Å². The maximum Gasteiger partial charge on any atom is 0.136 e. The van der Waals surface area contributed by atoms with Crippen molar-refractivity contribution in [3.63, 3.8) is 0 Å². The fourth-order valence-electron chi connectivity index (χ4n) is 2.65. The summed E-state index contributed by atoms with van der Waals surface area (Å²) < 4.78 is 0. The number of aromatic nitrogens is 2. The molecule has 1 aromatic carbocycles. The Hall–Kier alpha value is -2.10. The Morgan fingerprint density at radius 3 is 2.45 bits per heavy atom. The molecule has 2 aromatic rings. The number of benzene rings is 1. The van der Waals surface area contributed by atoms with Gasteiger partial charge in [-0.15, -0.1) is 0 Å². The fourth-order valence-corrected chi connectivity index (χ4v) is 2.65. The summed E-state index contributed by atoms with van der Waals surface area (Å²) in [5.74, 6) is 2.54. The highest BCUT2D eigenvalue weighted by Gasteiger charge is 2.15. The van der Waals surface area contributed by atoms with Gasteiger partial charge in [0.2, 0.25) is 0 Å². The number of aryl methyl sites for hydroxylation is 1. The molecule has 1 aromatic heterocycles. The van der Waals surface area contributed by atoms with Gasteiger partial charge in [-0.2, -0.15) is 0 Å². The first-order valence-electron chi connectivity index (χ1n) is 7.24. The number of hydrogen-bond acceptors (Lipinski definition) is 4. The number of hydrogen-bond donors (Lipinski definition) is 2. The number of nitrogens with one attached hydrogen (secondary N) is 2. The maximum absolute atomic E-state index is 4.48. The first-order chi connectivity index (χ1) is 9.79. The van der Waals surface area contributed by atoms with E-state index in [1.54, 1.807) is 0 Å². The van der Waals surface area contributed by atoms with E-state index in [0.29, 0.717) is 6.04 Å². The van der Waals surface area contributed by atoms with Crippen molar-refractivity contribution in [2.24, 2.45) is 0 Å². The molecular formula is C16H20N4. The second-order valence-corrected chi connectivity index (χ2v) is 5.30. The predicted octanol–water partition coefficient (Wildman–Crippen LogP) is 3.88. The van der Waals surface area contributed by atoms with Crippen LogP contribution in [0.2, 0.25) is 0 Å². The molecule has 0 unspecified atom stereocenters. The zero-order chi connectivity index (χ0) is 13.8. The number of rotatable bonds is 4. The van der Waals surface area contributed by atoms with Gasteiger partial charge in [-0.25, -0.2) is 9.97 Å². The quantitative estimate of drug-likeness (QED) is 0.883. The van der Waals surface area contributed by atoms with Crippen LogP contribution in [0.5, 0.6) is 0 Å². The molecule has 0 spiro atoms.